The Bertz CT molecular complexity index is 1270. The number of benzene rings is 3. The summed E-state index contributed by atoms with van der Waals surface area (Å²) in [7, 11) is 0. The van der Waals surface area contributed by atoms with Gasteiger partial charge < -0.3 is 4.90 Å². The highest BCUT2D eigenvalue weighted by Gasteiger charge is 2.32. The number of aromatic nitrogens is 3. The second kappa shape index (κ2) is 9.77. The number of rotatable bonds is 8. The van der Waals surface area contributed by atoms with Gasteiger partial charge in [0.15, 0.2) is 11.0 Å². The molecule has 0 atom stereocenters. The van der Waals surface area contributed by atoms with Gasteiger partial charge in [-0.2, -0.15) is 0 Å². The Hall–Kier alpha value is -3.52. The maximum absolute atomic E-state index is 13.5. The Morgan fingerprint density at radius 2 is 1.56 bits per heavy atom. The van der Waals surface area contributed by atoms with Crippen molar-refractivity contribution in [1.82, 2.24) is 19.7 Å². The second-order valence-electron chi connectivity index (χ2n) is 8.15. The predicted molar refractivity (Wildman–Crippen MR) is 127 cm³/mol. The zero-order chi connectivity index (χ0) is 23.5. The molecule has 1 aliphatic carbocycles. The van der Waals surface area contributed by atoms with Gasteiger partial charge in [-0.25, -0.2) is 8.78 Å². The molecule has 8 heteroatoms. The summed E-state index contributed by atoms with van der Waals surface area (Å²) in [5, 5.41) is 9.27. The molecule has 34 heavy (non-hydrogen) atoms. The molecule has 0 bridgehead atoms. The third-order valence-electron chi connectivity index (χ3n) is 5.65. The predicted octanol–water partition coefficient (Wildman–Crippen LogP) is 5.50. The molecule has 5 rings (SSSR count). The van der Waals surface area contributed by atoms with E-state index in [0.717, 1.165) is 29.7 Å². The van der Waals surface area contributed by atoms with Gasteiger partial charge in [0.25, 0.3) is 0 Å². The van der Waals surface area contributed by atoms with Crippen LogP contribution in [0.1, 0.15) is 18.4 Å². The summed E-state index contributed by atoms with van der Waals surface area (Å²) in [4.78, 5) is 15.0. The van der Waals surface area contributed by atoms with Gasteiger partial charge in [0, 0.05) is 23.8 Å². The van der Waals surface area contributed by atoms with E-state index in [2.05, 4.69) is 10.2 Å². The van der Waals surface area contributed by atoms with Crippen LogP contribution in [0.4, 0.5) is 8.78 Å². The zero-order valence-corrected chi connectivity index (χ0v) is 19.1. The fourth-order valence-corrected chi connectivity index (χ4v) is 4.60. The third kappa shape index (κ3) is 5.02. The van der Waals surface area contributed by atoms with Crippen molar-refractivity contribution in [1.29, 1.82) is 0 Å². The van der Waals surface area contributed by atoms with E-state index in [-0.39, 0.29) is 29.3 Å². The Morgan fingerprint density at radius 1 is 0.912 bits per heavy atom. The molecule has 5 nitrogen and oxygen atoms in total. The molecule has 3 aromatic carbocycles. The lowest BCUT2D eigenvalue weighted by Crippen LogP contribution is -2.34. The van der Waals surface area contributed by atoms with Crippen molar-refractivity contribution in [3.8, 4) is 17.1 Å². The van der Waals surface area contributed by atoms with Crippen LogP contribution in [0.25, 0.3) is 17.1 Å². The number of nitrogens with zero attached hydrogens (tertiary/aromatic N) is 4. The highest BCUT2D eigenvalue weighted by molar-refractivity contribution is 7.99. The molecule has 1 fully saturated rings. The topological polar surface area (TPSA) is 51.0 Å². The van der Waals surface area contributed by atoms with Crippen molar-refractivity contribution in [2.45, 2.75) is 30.6 Å². The number of thioether (sulfide) groups is 1. The fourth-order valence-electron chi connectivity index (χ4n) is 3.76. The average molecular weight is 477 g/mol. The molecule has 0 spiro atoms. The van der Waals surface area contributed by atoms with Crippen molar-refractivity contribution in [2.75, 3.05) is 5.75 Å². The third-order valence-corrected chi connectivity index (χ3v) is 6.56. The van der Waals surface area contributed by atoms with E-state index in [0.29, 0.717) is 17.5 Å². The molecule has 0 N–H and O–H groups in total. The molecule has 0 radical (unpaired) electrons. The van der Waals surface area contributed by atoms with Crippen LogP contribution < -0.4 is 0 Å². The minimum absolute atomic E-state index is 0.00256. The van der Waals surface area contributed by atoms with E-state index in [1.807, 2.05) is 39.8 Å². The van der Waals surface area contributed by atoms with E-state index >= 15 is 0 Å². The maximum atomic E-state index is 13.5. The Balaban J connectivity index is 1.38. The van der Waals surface area contributed by atoms with Gasteiger partial charge in [0.2, 0.25) is 5.91 Å². The van der Waals surface area contributed by atoms with Crippen molar-refractivity contribution in [3.05, 3.63) is 96.1 Å². The number of hydrogen-bond acceptors (Lipinski definition) is 4. The van der Waals surface area contributed by atoms with E-state index in [1.54, 1.807) is 24.3 Å². The first-order chi connectivity index (χ1) is 16.6. The first-order valence-corrected chi connectivity index (χ1v) is 12.0. The van der Waals surface area contributed by atoms with Crippen molar-refractivity contribution in [3.63, 3.8) is 0 Å². The molecular weight excluding hydrogens is 454 g/mol. The quantitative estimate of drug-likeness (QED) is 0.315. The summed E-state index contributed by atoms with van der Waals surface area (Å²) in [6, 6.07) is 22.2. The fraction of sp³-hybridized carbons (Fsp3) is 0.192. The Morgan fingerprint density at radius 3 is 2.21 bits per heavy atom. The molecular formula is C26H22F2N4OS. The van der Waals surface area contributed by atoms with Crippen LogP contribution in [0, 0.1) is 11.6 Å². The summed E-state index contributed by atoms with van der Waals surface area (Å²) in [6.45, 7) is 0.455. The van der Waals surface area contributed by atoms with Gasteiger partial charge in [0.1, 0.15) is 11.6 Å². The highest BCUT2D eigenvalue weighted by atomic mass is 32.2. The molecule has 0 saturated heterocycles. The average Bonchev–Trinajstić information content (AvgIpc) is 3.61. The largest absolute Gasteiger partial charge is 0.335 e. The molecule has 1 amide bonds. The lowest BCUT2D eigenvalue weighted by molar-refractivity contribution is -0.129. The molecule has 1 saturated carbocycles. The van der Waals surface area contributed by atoms with Crippen LogP contribution in [0.3, 0.4) is 0 Å². The summed E-state index contributed by atoms with van der Waals surface area (Å²) in [6.07, 6.45) is 1.96. The number of carbonyl (C=O) groups is 1. The standard InChI is InChI=1S/C26H22F2N4OS/c27-20-10-6-18(7-11-20)16-31(22-14-15-22)24(33)17-34-26-30-29-25(19-8-12-21(28)13-9-19)32(26)23-4-2-1-3-5-23/h1-13,22H,14-17H2. The highest BCUT2D eigenvalue weighted by Crippen LogP contribution is 2.31. The molecule has 1 aromatic heterocycles. The normalized spacial score (nSPS) is 13.1. The lowest BCUT2D eigenvalue weighted by atomic mass is 10.2. The lowest BCUT2D eigenvalue weighted by Gasteiger charge is -2.22. The monoisotopic (exact) mass is 476 g/mol. The van der Waals surface area contributed by atoms with Crippen LogP contribution in [0.5, 0.6) is 0 Å². The molecule has 0 unspecified atom stereocenters. The maximum Gasteiger partial charge on any atom is 0.233 e. The molecule has 1 aliphatic rings. The zero-order valence-electron chi connectivity index (χ0n) is 18.3. The molecule has 4 aromatic rings. The van der Waals surface area contributed by atoms with Gasteiger partial charge >= 0.3 is 0 Å². The van der Waals surface area contributed by atoms with E-state index in [9.17, 15) is 13.6 Å². The Kier molecular flexibility index (Phi) is 6.40. The molecule has 0 aliphatic heterocycles. The van der Waals surface area contributed by atoms with Crippen LogP contribution in [0.15, 0.2) is 84.0 Å². The number of carbonyl (C=O) groups excluding carboxylic acids is 1. The SMILES string of the molecule is O=C(CSc1nnc(-c2ccc(F)cc2)n1-c1ccccc1)N(Cc1ccc(F)cc1)C1CC1. The van der Waals surface area contributed by atoms with Crippen LogP contribution in [-0.4, -0.2) is 37.4 Å². The minimum atomic E-state index is -0.323. The second-order valence-corrected chi connectivity index (χ2v) is 9.09. The van der Waals surface area contributed by atoms with E-state index < -0.39 is 0 Å². The summed E-state index contributed by atoms with van der Waals surface area (Å²) >= 11 is 1.32. The number of para-hydroxylation sites is 1. The van der Waals surface area contributed by atoms with Crippen molar-refractivity contribution in [2.24, 2.45) is 0 Å². The summed E-state index contributed by atoms with van der Waals surface area (Å²) in [5.41, 5.74) is 2.48. The van der Waals surface area contributed by atoms with Crippen LogP contribution in [-0.2, 0) is 11.3 Å². The number of amides is 1. The van der Waals surface area contributed by atoms with Gasteiger partial charge in [-0.15, -0.1) is 10.2 Å². The first kappa shape index (κ1) is 22.3. The van der Waals surface area contributed by atoms with E-state index in [4.69, 9.17) is 0 Å². The van der Waals surface area contributed by atoms with Gasteiger partial charge in [-0.1, -0.05) is 42.1 Å². The summed E-state index contributed by atoms with van der Waals surface area (Å²) in [5.74, 6) is 0.164. The smallest absolute Gasteiger partial charge is 0.233 e. The van der Waals surface area contributed by atoms with Crippen molar-refractivity contribution < 1.29 is 13.6 Å². The molecule has 1 heterocycles. The van der Waals surface area contributed by atoms with Crippen molar-refractivity contribution >= 4 is 17.7 Å². The van der Waals surface area contributed by atoms with Crippen LogP contribution >= 0.6 is 11.8 Å². The summed E-state index contributed by atoms with van der Waals surface area (Å²) < 4.78 is 28.6. The van der Waals surface area contributed by atoms with Gasteiger partial charge in [-0.3, -0.25) is 9.36 Å². The van der Waals surface area contributed by atoms with Gasteiger partial charge in [0.05, 0.1) is 5.75 Å². The van der Waals surface area contributed by atoms with Gasteiger partial charge in [-0.05, 0) is 66.9 Å². The first-order valence-electron chi connectivity index (χ1n) is 11.0. The van der Waals surface area contributed by atoms with Crippen LogP contribution in [0.2, 0.25) is 0 Å². The minimum Gasteiger partial charge on any atom is -0.335 e. The van der Waals surface area contributed by atoms with E-state index in [1.165, 1.54) is 36.0 Å². The number of hydrogen-bond donors (Lipinski definition) is 0. The molecule has 172 valence electrons. The number of halogens is 2. The Labute approximate surface area is 200 Å².